The molecule has 1 saturated heterocycles. The molecule has 0 bridgehead atoms. The Morgan fingerprint density at radius 3 is 2.63 bits per heavy atom. The number of benzene rings is 2. The summed E-state index contributed by atoms with van der Waals surface area (Å²) in [6, 6.07) is 12.3. The van der Waals surface area contributed by atoms with Gasteiger partial charge in [0.05, 0.1) is 5.52 Å². The van der Waals surface area contributed by atoms with Crippen LogP contribution in [0.4, 0.5) is 14.7 Å². The van der Waals surface area contributed by atoms with Crippen molar-refractivity contribution in [1.29, 1.82) is 0 Å². The summed E-state index contributed by atoms with van der Waals surface area (Å²) < 4.78 is 28.4. The van der Waals surface area contributed by atoms with E-state index in [1.807, 2.05) is 31.2 Å². The lowest BCUT2D eigenvalue weighted by Crippen LogP contribution is -2.39. The number of hydrogen-bond acceptors (Lipinski definition) is 5. The first-order chi connectivity index (χ1) is 14.6. The van der Waals surface area contributed by atoms with Gasteiger partial charge in [-0.3, -0.25) is 4.90 Å². The number of para-hydroxylation sites is 1. The van der Waals surface area contributed by atoms with Crippen molar-refractivity contribution in [2.75, 3.05) is 18.4 Å². The molecular formula is C22H22F2N6. The Balaban J connectivity index is 1.30. The van der Waals surface area contributed by atoms with Crippen LogP contribution < -0.4 is 5.32 Å². The maximum atomic E-state index is 13.5. The van der Waals surface area contributed by atoms with Crippen molar-refractivity contribution >= 4 is 22.5 Å². The fraction of sp³-hybridized carbons (Fsp3) is 0.318. The van der Waals surface area contributed by atoms with Gasteiger partial charge in [-0.2, -0.15) is 4.52 Å². The molecule has 154 valence electrons. The summed E-state index contributed by atoms with van der Waals surface area (Å²) in [7, 11) is 0. The molecule has 0 aliphatic carbocycles. The van der Waals surface area contributed by atoms with E-state index < -0.39 is 11.6 Å². The summed E-state index contributed by atoms with van der Waals surface area (Å²) >= 11 is 0. The lowest BCUT2D eigenvalue weighted by molar-refractivity contribution is 0.210. The van der Waals surface area contributed by atoms with Crippen LogP contribution in [-0.2, 0) is 6.54 Å². The molecule has 0 saturated carbocycles. The Hall–Kier alpha value is -3.13. The van der Waals surface area contributed by atoms with Crippen molar-refractivity contribution in [1.82, 2.24) is 24.5 Å². The van der Waals surface area contributed by atoms with E-state index in [0.717, 1.165) is 48.0 Å². The van der Waals surface area contributed by atoms with Crippen LogP contribution in [0.3, 0.4) is 0 Å². The van der Waals surface area contributed by atoms with Crippen LogP contribution in [0.2, 0.25) is 0 Å². The number of rotatable bonds is 4. The monoisotopic (exact) mass is 408 g/mol. The zero-order valence-electron chi connectivity index (χ0n) is 16.6. The molecule has 0 unspecified atom stereocenters. The number of halogens is 2. The number of aromatic nitrogens is 4. The molecule has 2 aromatic carbocycles. The van der Waals surface area contributed by atoms with Crippen molar-refractivity contribution in [3.63, 3.8) is 0 Å². The molecular weight excluding hydrogens is 386 g/mol. The van der Waals surface area contributed by atoms with Gasteiger partial charge in [-0.05, 0) is 49.6 Å². The number of fused-ring (bicyclic) bond motifs is 3. The van der Waals surface area contributed by atoms with Gasteiger partial charge in [0.25, 0.3) is 0 Å². The molecule has 6 nitrogen and oxygen atoms in total. The maximum absolute atomic E-state index is 13.5. The first-order valence-electron chi connectivity index (χ1n) is 10.1. The van der Waals surface area contributed by atoms with E-state index in [9.17, 15) is 8.78 Å². The first-order valence-corrected chi connectivity index (χ1v) is 10.1. The van der Waals surface area contributed by atoms with E-state index >= 15 is 0 Å². The summed E-state index contributed by atoms with van der Waals surface area (Å²) in [5, 5.41) is 9.04. The summed E-state index contributed by atoms with van der Waals surface area (Å²) in [6.45, 7) is 4.22. The molecule has 1 N–H and O–H groups in total. The highest BCUT2D eigenvalue weighted by Gasteiger charge is 2.22. The average molecular weight is 408 g/mol. The first kappa shape index (κ1) is 18.9. The lowest BCUT2D eigenvalue weighted by Gasteiger charge is -2.32. The van der Waals surface area contributed by atoms with Crippen LogP contribution in [0, 0.1) is 18.6 Å². The molecule has 0 spiro atoms. The number of anilines is 1. The van der Waals surface area contributed by atoms with Crippen LogP contribution in [0.5, 0.6) is 0 Å². The zero-order valence-corrected chi connectivity index (χ0v) is 16.6. The minimum atomic E-state index is -0.806. The molecule has 5 rings (SSSR count). The highest BCUT2D eigenvalue weighted by Crippen LogP contribution is 2.23. The van der Waals surface area contributed by atoms with Crippen molar-refractivity contribution < 1.29 is 8.78 Å². The predicted octanol–water partition coefficient (Wildman–Crippen LogP) is 3.94. The van der Waals surface area contributed by atoms with Crippen molar-refractivity contribution in [2.24, 2.45) is 0 Å². The number of nitrogens with zero attached hydrogens (tertiary/aromatic N) is 5. The van der Waals surface area contributed by atoms with Crippen LogP contribution in [0.15, 0.2) is 42.5 Å². The fourth-order valence-corrected chi connectivity index (χ4v) is 4.07. The van der Waals surface area contributed by atoms with Gasteiger partial charge in [0.15, 0.2) is 17.3 Å². The van der Waals surface area contributed by atoms with E-state index in [0.29, 0.717) is 18.3 Å². The molecule has 0 amide bonds. The standard InChI is InChI=1S/C22H22F2N6/c1-14-25-21-17-4-2-3-5-20(17)27-22(30(21)28-14)26-16-8-10-29(11-9-16)13-15-6-7-18(23)19(24)12-15/h2-7,12,16H,8-11,13H2,1H3,(H,26,27). The van der Waals surface area contributed by atoms with E-state index in [1.165, 1.54) is 12.1 Å². The number of likely N-dealkylation sites (tertiary alicyclic amines) is 1. The number of hydrogen-bond donors (Lipinski definition) is 1. The Morgan fingerprint density at radius 2 is 1.83 bits per heavy atom. The number of nitrogens with one attached hydrogen (secondary N) is 1. The quantitative estimate of drug-likeness (QED) is 0.554. The molecule has 1 aliphatic rings. The molecule has 8 heteroatoms. The van der Waals surface area contributed by atoms with Crippen LogP contribution in [-0.4, -0.2) is 43.6 Å². The Bertz CT molecular complexity index is 1210. The third kappa shape index (κ3) is 3.59. The Morgan fingerprint density at radius 1 is 1.03 bits per heavy atom. The summed E-state index contributed by atoms with van der Waals surface area (Å²) in [5.41, 5.74) is 2.48. The van der Waals surface area contributed by atoms with Gasteiger partial charge >= 0.3 is 0 Å². The highest BCUT2D eigenvalue weighted by atomic mass is 19.2. The van der Waals surface area contributed by atoms with Gasteiger partial charge in [0, 0.05) is 31.1 Å². The van der Waals surface area contributed by atoms with Gasteiger partial charge in [0.2, 0.25) is 5.95 Å². The number of aryl methyl sites for hydroxylation is 1. The third-order valence-corrected chi connectivity index (χ3v) is 5.60. The summed E-state index contributed by atoms with van der Waals surface area (Å²) in [4.78, 5) is 11.6. The smallest absolute Gasteiger partial charge is 0.226 e. The van der Waals surface area contributed by atoms with Gasteiger partial charge < -0.3 is 5.32 Å². The average Bonchev–Trinajstić information content (AvgIpc) is 3.14. The summed E-state index contributed by atoms with van der Waals surface area (Å²) in [6.07, 6.45) is 1.85. The maximum Gasteiger partial charge on any atom is 0.226 e. The van der Waals surface area contributed by atoms with E-state index in [-0.39, 0.29) is 6.04 Å². The minimum Gasteiger partial charge on any atom is -0.351 e. The normalized spacial score (nSPS) is 15.8. The summed E-state index contributed by atoms with van der Waals surface area (Å²) in [5.74, 6) is -0.196. The highest BCUT2D eigenvalue weighted by molar-refractivity contribution is 5.92. The Labute approximate surface area is 172 Å². The van der Waals surface area contributed by atoms with E-state index in [4.69, 9.17) is 4.98 Å². The van der Waals surface area contributed by atoms with Gasteiger partial charge in [-0.1, -0.05) is 18.2 Å². The van der Waals surface area contributed by atoms with E-state index in [2.05, 4.69) is 20.3 Å². The molecule has 1 fully saturated rings. The Kier molecular flexibility index (Phi) is 4.78. The van der Waals surface area contributed by atoms with E-state index in [1.54, 1.807) is 10.6 Å². The molecule has 30 heavy (non-hydrogen) atoms. The van der Waals surface area contributed by atoms with Gasteiger partial charge in [-0.25, -0.2) is 18.7 Å². The van der Waals surface area contributed by atoms with Crippen molar-refractivity contribution in [2.45, 2.75) is 32.4 Å². The fourth-order valence-electron chi connectivity index (χ4n) is 4.07. The van der Waals surface area contributed by atoms with Crippen LogP contribution in [0.1, 0.15) is 24.2 Å². The van der Waals surface area contributed by atoms with Gasteiger partial charge in [-0.15, -0.1) is 5.10 Å². The molecule has 2 aromatic heterocycles. The van der Waals surface area contributed by atoms with Crippen LogP contribution >= 0.6 is 0 Å². The van der Waals surface area contributed by atoms with Crippen molar-refractivity contribution in [3.05, 3.63) is 65.5 Å². The molecule has 0 radical (unpaired) electrons. The predicted molar refractivity (Wildman–Crippen MR) is 111 cm³/mol. The minimum absolute atomic E-state index is 0.257. The van der Waals surface area contributed by atoms with Gasteiger partial charge in [0.1, 0.15) is 5.82 Å². The topological polar surface area (TPSA) is 58.4 Å². The third-order valence-electron chi connectivity index (χ3n) is 5.60. The van der Waals surface area contributed by atoms with Crippen LogP contribution in [0.25, 0.3) is 16.6 Å². The zero-order chi connectivity index (χ0) is 20.7. The second-order valence-corrected chi connectivity index (χ2v) is 7.79. The molecule has 4 aromatic rings. The SMILES string of the molecule is Cc1nc2c3ccccc3nc(NC3CCN(Cc4ccc(F)c(F)c4)CC3)n2n1. The number of piperidine rings is 1. The second-order valence-electron chi connectivity index (χ2n) is 7.79. The molecule has 0 atom stereocenters. The second kappa shape index (κ2) is 7.60. The molecule has 3 heterocycles. The lowest BCUT2D eigenvalue weighted by atomic mass is 10.0. The molecule has 1 aliphatic heterocycles. The largest absolute Gasteiger partial charge is 0.351 e. The van der Waals surface area contributed by atoms with Crippen molar-refractivity contribution in [3.8, 4) is 0 Å².